The number of aryl methyl sites for hydroxylation is 1. The zero-order valence-electron chi connectivity index (χ0n) is 16.2. The van der Waals surface area contributed by atoms with Gasteiger partial charge in [-0.25, -0.2) is 0 Å². The minimum Gasteiger partial charge on any atom is -0.497 e. The van der Waals surface area contributed by atoms with Gasteiger partial charge in [0.05, 0.1) is 12.8 Å². The number of benzene rings is 2. The predicted molar refractivity (Wildman–Crippen MR) is 106 cm³/mol. The number of para-hydroxylation sites is 1. The van der Waals surface area contributed by atoms with Crippen LogP contribution < -0.4 is 19.1 Å². The number of anilines is 1. The van der Waals surface area contributed by atoms with Crippen LogP contribution in [0.25, 0.3) is 0 Å². The van der Waals surface area contributed by atoms with E-state index in [9.17, 15) is 5.11 Å². The van der Waals surface area contributed by atoms with Crippen molar-refractivity contribution >= 4 is 5.69 Å². The molecule has 2 aromatic rings. The first-order valence-corrected chi connectivity index (χ1v) is 9.97. The zero-order chi connectivity index (χ0) is 19.1. The molecule has 3 aliphatic rings. The summed E-state index contributed by atoms with van der Waals surface area (Å²) < 4.78 is 16.9. The van der Waals surface area contributed by atoms with Gasteiger partial charge in [-0.1, -0.05) is 12.1 Å². The summed E-state index contributed by atoms with van der Waals surface area (Å²) in [6.45, 7) is 4.46. The summed E-state index contributed by atoms with van der Waals surface area (Å²) in [5, 5.41) is 11.5. The van der Waals surface area contributed by atoms with E-state index in [1.807, 2.05) is 24.3 Å². The van der Waals surface area contributed by atoms with Crippen molar-refractivity contribution in [3.05, 3.63) is 47.5 Å². The molecular weight excluding hydrogens is 356 g/mol. The third kappa shape index (κ3) is 2.79. The third-order valence-electron chi connectivity index (χ3n) is 6.18. The Bertz CT molecular complexity index is 879. The predicted octanol–water partition coefficient (Wildman–Crippen LogP) is 2.38. The smallest absolute Gasteiger partial charge is 0.184 e. The average molecular weight is 382 g/mol. The summed E-state index contributed by atoms with van der Waals surface area (Å²) in [5.74, 6) is 2.52. The first-order valence-electron chi connectivity index (χ1n) is 9.97. The van der Waals surface area contributed by atoms with Crippen LogP contribution in [0, 0.1) is 0 Å². The third-order valence-corrected chi connectivity index (χ3v) is 6.18. The average Bonchev–Trinajstić information content (AvgIpc) is 3.10. The highest BCUT2D eigenvalue weighted by Crippen LogP contribution is 2.43. The molecule has 0 bridgehead atoms. The van der Waals surface area contributed by atoms with Crippen LogP contribution in [0.3, 0.4) is 0 Å². The molecule has 1 atom stereocenters. The second kappa shape index (κ2) is 6.87. The van der Waals surface area contributed by atoms with E-state index in [1.54, 1.807) is 7.11 Å². The maximum atomic E-state index is 11.5. The topological polar surface area (TPSA) is 54.4 Å². The van der Waals surface area contributed by atoms with E-state index in [0.717, 1.165) is 67.5 Å². The van der Waals surface area contributed by atoms with Gasteiger partial charge in [0.1, 0.15) is 24.7 Å². The first kappa shape index (κ1) is 17.6. The lowest BCUT2D eigenvalue weighted by Gasteiger charge is -2.44. The van der Waals surface area contributed by atoms with Crippen molar-refractivity contribution in [1.82, 2.24) is 4.90 Å². The number of rotatable bonds is 3. The monoisotopic (exact) mass is 382 g/mol. The quantitative estimate of drug-likeness (QED) is 0.880. The number of ether oxygens (including phenoxy) is 3. The van der Waals surface area contributed by atoms with Crippen LogP contribution in [0.2, 0.25) is 0 Å². The Morgan fingerprint density at radius 3 is 2.68 bits per heavy atom. The molecule has 148 valence electrons. The Morgan fingerprint density at radius 1 is 1.04 bits per heavy atom. The van der Waals surface area contributed by atoms with Gasteiger partial charge in [0, 0.05) is 31.7 Å². The summed E-state index contributed by atoms with van der Waals surface area (Å²) >= 11 is 0. The molecule has 0 aromatic heterocycles. The molecular formula is C22H26N2O4. The molecule has 2 aliphatic heterocycles. The molecule has 1 saturated heterocycles. The molecule has 0 radical (unpaired) electrons. The standard InChI is InChI=1S/C22H26N2O4/c1-26-17-5-6-18-16(15-17)7-8-22(18,25)24-11-9-23(10-12-24)19-3-2-4-20-21(19)28-14-13-27-20/h2-6,15,25H,7-14H2,1H3. The number of methoxy groups -OCH3 is 1. The van der Waals surface area contributed by atoms with E-state index < -0.39 is 5.72 Å². The lowest BCUT2D eigenvalue weighted by molar-refractivity contribution is -0.116. The molecule has 0 spiro atoms. The van der Waals surface area contributed by atoms with Gasteiger partial charge >= 0.3 is 0 Å². The maximum Gasteiger partial charge on any atom is 0.184 e. The minimum atomic E-state index is -0.885. The molecule has 0 saturated carbocycles. The Kier molecular flexibility index (Phi) is 4.33. The first-order chi connectivity index (χ1) is 13.7. The van der Waals surface area contributed by atoms with Crippen LogP contribution in [0.4, 0.5) is 5.69 Å². The highest BCUT2D eigenvalue weighted by Gasteiger charge is 2.43. The van der Waals surface area contributed by atoms with E-state index in [0.29, 0.717) is 13.2 Å². The zero-order valence-corrected chi connectivity index (χ0v) is 16.2. The Labute approximate surface area is 165 Å². The lowest BCUT2D eigenvalue weighted by atomic mass is 10.0. The highest BCUT2D eigenvalue weighted by molar-refractivity contribution is 5.65. The number of aliphatic hydroxyl groups is 1. The van der Waals surface area contributed by atoms with Gasteiger partial charge in [0.2, 0.25) is 0 Å². The number of hydrogen-bond acceptors (Lipinski definition) is 6. The molecule has 6 heteroatoms. The fourth-order valence-electron chi connectivity index (χ4n) is 4.69. The van der Waals surface area contributed by atoms with Gasteiger partial charge < -0.3 is 24.2 Å². The van der Waals surface area contributed by atoms with Crippen molar-refractivity contribution in [2.45, 2.75) is 18.6 Å². The fraction of sp³-hybridized carbons (Fsp3) is 0.455. The minimum absolute atomic E-state index is 0.587. The van der Waals surface area contributed by atoms with Crippen molar-refractivity contribution in [2.24, 2.45) is 0 Å². The van der Waals surface area contributed by atoms with E-state index in [-0.39, 0.29) is 0 Å². The number of piperazine rings is 1. The Balaban J connectivity index is 1.34. The molecule has 0 amide bonds. The van der Waals surface area contributed by atoms with E-state index >= 15 is 0 Å². The van der Waals surface area contributed by atoms with Crippen molar-refractivity contribution < 1.29 is 19.3 Å². The van der Waals surface area contributed by atoms with E-state index in [1.165, 1.54) is 5.56 Å². The fourth-order valence-corrected chi connectivity index (χ4v) is 4.69. The second-order valence-electron chi connectivity index (χ2n) is 7.62. The molecule has 1 fully saturated rings. The van der Waals surface area contributed by atoms with Crippen LogP contribution in [0.5, 0.6) is 17.2 Å². The van der Waals surface area contributed by atoms with Crippen molar-refractivity contribution in [2.75, 3.05) is 51.4 Å². The SMILES string of the molecule is COc1ccc2c(c1)CCC2(O)N1CCN(c2cccc3c2OCCO3)CC1. The summed E-state index contributed by atoms with van der Waals surface area (Å²) in [4.78, 5) is 4.55. The van der Waals surface area contributed by atoms with Gasteiger partial charge in [0.25, 0.3) is 0 Å². The molecule has 1 unspecified atom stereocenters. The van der Waals surface area contributed by atoms with Gasteiger partial charge in [-0.2, -0.15) is 0 Å². The van der Waals surface area contributed by atoms with Crippen molar-refractivity contribution in [3.8, 4) is 17.2 Å². The summed E-state index contributed by atoms with van der Waals surface area (Å²) in [7, 11) is 1.68. The van der Waals surface area contributed by atoms with Crippen LogP contribution in [-0.4, -0.2) is 56.5 Å². The normalized spacial score (nSPS) is 24.1. The molecule has 6 nitrogen and oxygen atoms in total. The van der Waals surface area contributed by atoms with Crippen molar-refractivity contribution in [3.63, 3.8) is 0 Å². The molecule has 28 heavy (non-hydrogen) atoms. The lowest BCUT2D eigenvalue weighted by Crippen LogP contribution is -2.55. The molecule has 5 rings (SSSR count). The maximum absolute atomic E-state index is 11.5. The molecule has 1 aliphatic carbocycles. The second-order valence-corrected chi connectivity index (χ2v) is 7.62. The van der Waals surface area contributed by atoms with Gasteiger partial charge in [0.15, 0.2) is 11.5 Å². The molecule has 2 aromatic carbocycles. The highest BCUT2D eigenvalue weighted by atomic mass is 16.6. The van der Waals surface area contributed by atoms with Crippen LogP contribution in [0.15, 0.2) is 36.4 Å². The van der Waals surface area contributed by atoms with Gasteiger partial charge in [-0.3, -0.25) is 4.90 Å². The molecule has 2 heterocycles. The number of fused-ring (bicyclic) bond motifs is 2. The van der Waals surface area contributed by atoms with Crippen LogP contribution >= 0.6 is 0 Å². The summed E-state index contributed by atoms with van der Waals surface area (Å²) in [6, 6.07) is 12.1. The van der Waals surface area contributed by atoms with E-state index in [2.05, 4.69) is 21.9 Å². The van der Waals surface area contributed by atoms with Gasteiger partial charge in [-0.05, 0) is 42.7 Å². The van der Waals surface area contributed by atoms with Crippen LogP contribution in [0.1, 0.15) is 17.5 Å². The number of nitrogens with zero attached hydrogens (tertiary/aromatic N) is 2. The largest absolute Gasteiger partial charge is 0.497 e. The van der Waals surface area contributed by atoms with Crippen LogP contribution in [-0.2, 0) is 12.1 Å². The summed E-state index contributed by atoms with van der Waals surface area (Å²) in [6.07, 6.45) is 1.60. The molecule has 1 N–H and O–H groups in total. The van der Waals surface area contributed by atoms with Crippen molar-refractivity contribution in [1.29, 1.82) is 0 Å². The van der Waals surface area contributed by atoms with E-state index in [4.69, 9.17) is 14.2 Å². The number of hydrogen-bond donors (Lipinski definition) is 1. The van der Waals surface area contributed by atoms with Gasteiger partial charge in [-0.15, -0.1) is 0 Å². The Hall–Kier alpha value is -2.44. The Morgan fingerprint density at radius 2 is 1.86 bits per heavy atom. The summed E-state index contributed by atoms with van der Waals surface area (Å²) in [5.41, 5.74) is 2.41.